The van der Waals surface area contributed by atoms with Crippen LogP contribution in [0.15, 0.2) is 18.2 Å². The van der Waals surface area contributed by atoms with Gasteiger partial charge in [-0.3, -0.25) is 0 Å². The van der Waals surface area contributed by atoms with Crippen LogP contribution < -0.4 is 0 Å². The van der Waals surface area contributed by atoms with Gasteiger partial charge in [-0.25, -0.2) is 0 Å². The third kappa shape index (κ3) is 1.40. The van der Waals surface area contributed by atoms with Gasteiger partial charge in [0.2, 0.25) is 0 Å². The molecule has 80 valence electrons. The van der Waals surface area contributed by atoms with E-state index in [1.54, 1.807) is 0 Å². The van der Waals surface area contributed by atoms with E-state index in [1.807, 2.05) is 18.2 Å². The van der Waals surface area contributed by atoms with E-state index in [2.05, 4.69) is 11.1 Å². The summed E-state index contributed by atoms with van der Waals surface area (Å²) in [5.41, 5.74) is 4.79. The lowest BCUT2D eigenvalue weighted by Gasteiger charge is -1.97. The third-order valence-electron chi connectivity index (χ3n) is 3.48. The molecule has 0 fully saturated rings. The van der Waals surface area contributed by atoms with Gasteiger partial charge in [-0.15, -0.1) is 0 Å². The van der Waals surface area contributed by atoms with Crippen LogP contribution >= 0.6 is 0 Å². The fourth-order valence-electron chi connectivity index (χ4n) is 2.65. The van der Waals surface area contributed by atoms with Crippen LogP contribution in [0.5, 0.6) is 0 Å². The fraction of sp³-hybridized carbons (Fsp3) is 0.357. The van der Waals surface area contributed by atoms with Crippen molar-refractivity contribution in [1.29, 1.82) is 5.26 Å². The Labute approximate surface area is 94.9 Å². The summed E-state index contributed by atoms with van der Waals surface area (Å²) in [6, 6.07) is 8.16. The number of benzene rings is 1. The molecule has 0 bridgehead atoms. The number of rotatable bonds is 0. The lowest BCUT2D eigenvalue weighted by molar-refractivity contribution is 0.708. The highest BCUT2D eigenvalue weighted by Crippen LogP contribution is 2.28. The molecule has 1 aromatic heterocycles. The van der Waals surface area contributed by atoms with Crippen LogP contribution in [0.25, 0.3) is 10.9 Å². The lowest BCUT2D eigenvalue weighted by atomic mass is 10.0. The highest BCUT2D eigenvalue weighted by molar-refractivity contribution is 5.86. The summed E-state index contributed by atoms with van der Waals surface area (Å²) in [6.07, 6.45) is 6.19. The van der Waals surface area contributed by atoms with Gasteiger partial charge in [-0.2, -0.15) is 5.26 Å². The summed E-state index contributed by atoms with van der Waals surface area (Å²) in [7, 11) is 0. The molecular formula is C14H14N2. The lowest BCUT2D eigenvalue weighted by Crippen LogP contribution is -1.86. The smallest absolute Gasteiger partial charge is 0.0991 e. The first kappa shape index (κ1) is 9.47. The van der Waals surface area contributed by atoms with Gasteiger partial charge in [0.25, 0.3) is 0 Å². The number of aryl methyl sites for hydroxylation is 2. The van der Waals surface area contributed by atoms with Crippen LogP contribution in [-0.2, 0) is 12.8 Å². The summed E-state index contributed by atoms with van der Waals surface area (Å²) in [6.45, 7) is 0. The highest BCUT2D eigenvalue weighted by Gasteiger charge is 2.14. The molecule has 2 heteroatoms. The number of H-pyrrole nitrogens is 1. The van der Waals surface area contributed by atoms with Crippen LogP contribution in [0.2, 0.25) is 0 Å². The fourth-order valence-corrected chi connectivity index (χ4v) is 2.65. The zero-order valence-corrected chi connectivity index (χ0v) is 9.21. The Bertz CT molecular complexity index is 572. The van der Waals surface area contributed by atoms with Crippen molar-refractivity contribution in [3.63, 3.8) is 0 Å². The van der Waals surface area contributed by atoms with E-state index in [1.165, 1.54) is 41.4 Å². The van der Waals surface area contributed by atoms with Crippen molar-refractivity contribution in [2.75, 3.05) is 0 Å². The van der Waals surface area contributed by atoms with E-state index >= 15 is 0 Å². The molecule has 0 radical (unpaired) electrons. The number of hydrogen-bond acceptors (Lipinski definition) is 1. The van der Waals surface area contributed by atoms with Gasteiger partial charge in [0, 0.05) is 16.6 Å². The maximum atomic E-state index is 8.93. The molecule has 0 atom stereocenters. The molecule has 2 nitrogen and oxygen atoms in total. The Balaban J connectivity index is 2.24. The molecule has 3 rings (SSSR count). The van der Waals surface area contributed by atoms with Gasteiger partial charge in [0.15, 0.2) is 0 Å². The van der Waals surface area contributed by atoms with Crippen LogP contribution in [-0.4, -0.2) is 4.98 Å². The number of nitrogens with zero attached hydrogens (tertiary/aromatic N) is 1. The van der Waals surface area contributed by atoms with Crippen LogP contribution in [0.1, 0.15) is 36.1 Å². The van der Waals surface area contributed by atoms with Crippen LogP contribution in [0, 0.1) is 11.3 Å². The van der Waals surface area contributed by atoms with Crippen molar-refractivity contribution in [3.05, 3.63) is 35.0 Å². The van der Waals surface area contributed by atoms with E-state index in [4.69, 9.17) is 5.26 Å². The monoisotopic (exact) mass is 210 g/mol. The second-order valence-electron chi connectivity index (χ2n) is 4.51. The molecule has 0 unspecified atom stereocenters. The summed E-state index contributed by atoms with van der Waals surface area (Å²) in [5, 5.41) is 10.2. The second kappa shape index (κ2) is 3.68. The number of aromatic amines is 1. The van der Waals surface area contributed by atoms with E-state index in [0.717, 1.165) is 18.4 Å². The normalized spacial score (nSPS) is 15.4. The van der Waals surface area contributed by atoms with Crippen molar-refractivity contribution in [2.45, 2.75) is 32.1 Å². The molecule has 1 aliphatic carbocycles. The predicted molar refractivity (Wildman–Crippen MR) is 64.3 cm³/mol. The average Bonchev–Trinajstić information content (AvgIpc) is 2.50. The van der Waals surface area contributed by atoms with Crippen LogP contribution in [0.3, 0.4) is 0 Å². The molecule has 1 N–H and O–H groups in total. The quantitative estimate of drug-likeness (QED) is 0.666. The minimum Gasteiger partial charge on any atom is -0.358 e. The first-order valence-corrected chi connectivity index (χ1v) is 5.92. The number of nitriles is 1. The number of aromatic nitrogens is 1. The Morgan fingerprint density at radius 3 is 2.88 bits per heavy atom. The minimum atomic E-state index is 0.763. The molecule has 0 saturated heterocycles. The first-order valence-electron chi connectivity index (χ1n) is 5.92. The second-order valence-corrected chi connectivity index (χ2v) is 4.51. The molecule has 0 amide bonds. The summed E-state index contributed by atoms with van der Waals surface area (Å²) in [4.78, 5) is 3.50. The highest BCUT2D eigenvalue weighted by atomic mass is 14.7. The standard InChI is InChI=1S/C14H14N2/c15-9-10-6-7-14-12(8-10)11-4-2-1-3-5-13(11)16-14/h6-8,16H,1-5H2. The van der Waals surface area contributed by atoms with Crippen molar-refractivity contribution in [1.82, 2.24) is 4.98 Å². The van der Waals surface area contributed by atoms with Gasteiger partial charge in [0.05, 0.1) is 11.6 Å². The Morgan fingerprint density at radius 1 is 1.12 bits per heavy atom. The van der Waals surface area contributed by atoms with Crippen molar-refractivity contribution in [2.24, 2.45) is 0 Å². The Kier molecular flexibility index (Phi) is 2.18. The van der Waals surface area contributed by atoms with E-state index in [0.29, 0.717) is 0 Å². The summed E-state index contributed by atoms with van der Waals surface area (Å²) >= 11 is 0. The van der Waals surface area contributed by atoms with E-state index in [-0.39, 0.29) is 0 Å². The molecule has 2 aromatic rings. The summed E-state index contributed by atoms with van der Waals surface area (Å²) in [5.74, 6) is 0. The molecular weight excluding hydrogens is 196 g/mol. The zero-order valence-electron chi connectivity index (χ0n) is 9.21. The van der Waals surface area contributed by atoms with Gasteiger partial charge in [-0.05, 0) is 49.4 Å². The number of fused-ring (bicyclic) bond motifs is 3. The van der Waals surface area contributed by atoms with Crippen molar-refractivity contribution in [3.8, 4) is 6.07 Å². The maximum absolute atomic E-state index is 8.93. The van der Waals surface area contributed by atoms with Gasteiger partial charge in [0.1, 0.15) is 0 Å². The van der Waals surface area contributed by atoms with Crippen LogP contribution in [0.4, 0.5) is 0 Å². The largest absolute Gasteiger partial charge is 0.358 e. The molecule has 0 spiro atoms. The number of hydrogen-bond donors (Lipinski definition) is 1. The molecule has 0 aliphatic heterocycles. The predicted octanol–water partition coefficient (Wildman–Crippen LogP) is 3.31. The molecule has 16 heavy (non-hydrogen) atoms. The average molecular weight is 210 g/mol. The number of nitrogens with one attached hydrogen (secondary N) is 1. The first-order chi connectivity index (χ1) is 7.88. The van der Waals surface area contributed by atoms with Crippen molar-refractivity contribution < 1.29 is 0 Å². The minimum absolute atomic E-state index is 0.763. The molecule has 0 saturated carbocycles. The third-order valence-corrected chi connectivity index (χ3v) is 3.48. The van der Waals surface area contributed by atoms with E-state index in [9.17, 15) is 0 Å². The van der Waals surface area contributed by atoms with Gasteiger partial charge in [-0.1, -0.05) is 6.42 Å². The van der Waals surface area contributed by atoms with E-state index < -0.39 is 0 Å². The maximum Gasteiger partial charge on any atom is 0.0991 e. The van der Waals surface area contributed by atoms with Gasteiger partial charge < -0.3 is 4.98 Å². The van der Waals surface area contributed by atoms with Gasteiger partial charge >= 0.3 is 0 Å². The molecule has 1 heterocycles. The topological polar surface area (TPSA) is 39.6 Å². The van der Waals surface area contributed by atoms with Crippen molar-refractivity contribution >= 4 is 10.9 Å². The zero-order chi connectivity index (χ0) is 11.0. The Morgan fingerprint density at radius 2 is 2.00 bits per heavy atom. The molecule has 1 aromatic carbocycles. The molecule has 1 aliphatic rings. The SMILES string of the molecule is N#Cc1ccc2[nH]c3c(c2c1)CCCCC3. The Hall–Kier alpha value is -1.75. The summed E-state index contributed by atoms with van der Waals surface area (Å²) < 4.78 is 0.